The molecule has 1 amide bonds. The molecule has 1 aromatic rings. The van der Waals surface area contributed by atoms with Crippen molar-refractivity contribution >= 4 is 33.5 Å². The summed E-state index contributed by atoms with van der Waals surface area (Å²) < 4.78 is 26.7. The molecule has 3 N–H and O–H groups in total. The van der Waals surface area contributed by atoms with Gasteiger partial charge in [-0.05, 0) is 43.5 Å². The van der Waals surface area contributed by atoms with Gasteiger partial charge in [0.1, 0.15) is 6.04 Å². The van der Waals surface area contributed by atoms with E-state index in [1.807, 2.05) is 0 Å². The zero-order valence-electron chi connectivity index (χ0n) is 13.0. The average Bonchev–Trinajstić information content (AvgIpc) is 3.30. The van der Waals surface area contributed by atoms with Gasteiger partial charge in [-0.3, -0.25) is 4.79 Å². The van der Waals surface area contributed by atoms with Crippen molar-refractivity contribution in [2.24, 2.45) is 5.92 Å². The average molecular weight is 375 g/mol. The molecule has 0 saturated heterocycles. The molecule has 2 unspecified atom stereocenters. The summed E-state index contributed by atoms with van der Waals surface area (Å²) in [7, 11) is -3.90. The van der Waals surface area contributed by atoms with Crippen molar-refractivity contribution in [3.05, 3.63) is 29.3 Å². The Labute approximate surface area is 145 Å². The molecule has 1 aliphatic carbocycles. The van der Waals surface area contributed by atoms with Gasteiger partial charge in [0, 0.05) is 5.02 Å². The number of rotatable bonds is 8. The maximum Gasteiger partial charge on any atom is 0.326 e. The first-order valence-electron chi connectivity index (χ1n) is 7.50. The monoisotopic (exact) mass is 374 g/mol. The van der Waals surface area contributed by atoms with Gasteiger partial charge >= 0.3 is 5.97 Å². The number of halogens is 1. The summed E-state index contributed by atoms with van der Waals surface area (Å²) in [6, 6.07) is 3.39. The lowest BCUT2D eigenvalue weighted by atomic mass is 10.1. The van der Waals surface area contributed by atoms with Crippen molar-refractivity contribution < 1.29 is 23.1 Å². The molecule has 0 bridgehead atoms. The lowest BCUT2D eigenvalue weighted by Gasteiger charge is -2.18. The molecule has 0 heterocycles. The van der Waals surface area contributed by atoms with Crippen LogP contribution in [0.2, 0.25) is 5.02 Å². The van der Waals surface area contributed by atoms with E-state index in [-0.39, 0.29) is 4.90 Å². The van der Waals surface area contributed by atoms with Crippen LogP contribution in [0, 0.1) is 5.92 Å². The summed E-state index contributed by atoms with van der Waals surface area (Å²) in [5.41, 5.74) is 0. The SMILES string of the molecule is CC(NS(=O)(=O)c1ccc(Cl)cc1)C(=O)NC(CC1CC1)C(=O)O. The molecule has 2 atom stereocenters. The predicted molar refractivity (Wildman–Crippen MR) is 88.1 cm³/mol. The van der Waals surface area contributed by atoms with E-state index in [0.717, 1.165) is 12.8 Å². The summed E-state index contributed by atoms with van der Waals surface area (Å²) in [6.07, 6.45) is 2.27. The third-order valence-electron chi connectivity index (χ3n) is 3.73. The number of benzene rings is 1. The van der Waals surface area contributed by atoms with Gasteiger partial charge in [0.25, 0.3) is 0 Å². The Bertz CT molecular complexity index is 716. The van der Waals surface area contributed by atoms with Crippen LogP contribution in [-0.4, -0.2) is 37.5 Å². The molecule has 7 nitrogen and oxygen atoms in total. The van der Waals surface area contributed by atoms with Crippen LogP contribution in [-0.2, 0) is 19.6 Å². The van der Waals surface area contributed by atoms with E-state index in [0.29, 0.717) is 17.4 Å². The van der Waals surface area contributed by atoms with Gasteiger partial charge in [-0.15, -0.1) is 0 Å². The maximum atomic E-state index is 12.2. The Hall–Kier alpha value is -1.64. The summed E-state index contributed by atoms with van der Waals surface area (Å²) in [4.78, 5) is 23.3. The normalized spacial score (nSPS) is 17.1. The van der Waals surface area contributed by atoms with E-state index in [2.05, 4.69) is 10.0 Å². The van der Waals surface area contributed by atoms with E-state index in [1.165, 1.54) is 31.2 Å². The van der Waals surface area contributed by atoms with Crippen LogP contribution < -0.4 is 10.0 Å². The Kier molecular flexibility index (Phi) is 5.84. The zero-order chi connectivity index (χ0) is 17.9. The van der Waals surface area contributed by atoms with Crippen LogP contribution >= 0.6 is 11.6 Å². The fraction of sp³-hybridized carbons (Fsp3) is 0.467. The van der Waals surface area contributed by atoms with Crippen molar-refractivity contribution in [1.82, 2.24) is 10.0 Å². The minimum Gasteiger partial charge on any atom is -0.480 e. The van der Waals surface area contributed by atoms with Crippen molar-refractivity contribution in [1.29, 1.82) is 0 Å². The summed E-state index contributed by atoms with van der Waals surface area (Å²) in [6.45, 7) is 1.36. The highest BCUT2D eigenvalue weighted by Crippen LogP contribution is 2.33. The number of sulfonamides is 1. The number of nitrogens with one attached hydrogen (secondary N) is 2. The number of aliphatic carboxylic acids is 1. The predicted octanol–water partition coefficient (Wildman–Crippen LogP) is 1.38. The van der Waals surface area contributed by atoms with Gasteiger partial charge in [0.05, 0.1) is 10.9 Å². The molecular weight excluding hydrogens is 356 g/mol. The summed E-state index contributed by atoms with van der Waals surface area (Å²) >= 11 is 5.72. The van der Waals surface area contributed by atoms with Crippen molar-refractivity contribution in [3.63, 3.8) is 0 Å². The summed E-state index contributed by atoms with van der Waals surface area (Å²) in [5, 5.41) is 11.9. The lowest BCUT2D eigenvalue weighted by Crippen LogP contribution is -2.50. The van der Waals surface area contributed by atoms with Crippen molar-refractivity contribution in [2.45, 2.75) is 43.2 Å². The molecule has 0 radical (unpaired) electrons. The van der Waals surface area contributed by atoms with Gasteiger partial charge in [-0.2, -0.15) is 4.72 Å². The van der Waals surface area contributed by atoms with Crippen LogP contribution in [0.5, 0.6) is 0 Å². The van der Waals surface area contributed by atoms with Gasteiger partial charge in [0.15, 0.2) is 0 Å². The number of carbonyl (C=O) groups is 2. The third-order valence-corrected chi connectivity index (χ3v) is 5.54. The van der Waals surface area contributed by atoms with Crippen LogP contribution in [0.25, 0.3) is 0 Å². The first kappa shape index (κ1) is 18.7. The highest BCUT2D eigenvalue weighted by molar-refractivity contribution is 7.89. The van der Waals surface area contributed by atoms with Crippen molar-refractivity contribution in [2.75, 3.05) is 0 Å². The molecule has 9 heteroatoms. The van der Waals surface area contributed by atoms with E-state index in [4.69, 9.17) is 16.7 Å². The van der Waals surface area contributed by atoms with Gasteiger partial charge in [-0.1, -0.05) is 24.4 Å². The minimum absolute atomic E-state index is 0.0284. The molecule has 24 heavy (non-hydrogen) atoms. The van der Waals surface area contributed by atoms with E-state index in [9.17, 15) is 18.0 Å². The highest BCUT2D eigenvalue weighted by atomic mass is 35.5. The standard InChI is InChI=1S/C15H19ClN2O5S/c1-9(14(19)17-13(15(20)21)8-10-2-3-10)18-24(22,23)12-6-4-11(16)5-7-12/h4-7,9-10,13,18H,2-3,8H2,1H3,(H,17,19)(H,20,21). The van der Waals surface area contributed by atoms with Crippen molar-refractivity contribution in [3.8, 4) is 0 Å². The molecule has 1 aromatic carbocycles. The zero-order valence-corrected chi connectivity index (χ0v) is 14.6. The minimum atomic E-state index is -3.90. The molecule has 1 fully saturated rings. The Morgan fingerprint density at radius 2 is 1.88 bits per heavy atom. The first-order chi connectivity index (χ1) is 11.2. The van der Waals surface area contributed by atoms with Gasteiger partial charge in [0.2, 0.25) is 15.9 Å². The summed E-state index contributed by atoms with van der Waals surface area (Å²) in [5.74, 6) is -1.49. The smallest absolute Gasteiger partial charge is 0.326 e. The quantitative estimate of drug-likeness (QED) is 0.636. The molecular formula is C15H19ClN2O5S. The van der Waals surface area contributed by atoms with Gasteiger partial charge in [-0.25, -0.2) is 13.2 Å². The van der Waals surface area contributed by atoms with Crippen LogP contribution in [0.3, 0.4) is 0 Å². The maximum absolute atomic E-state index is 12.2. The highest BCUT2D eigenvalue weighted by Gasteiger charge is 2.32. The number of carboxylic acid groups (broad SMARTS) is 1. The second-order valence-corrected chi connectivity index (χ2v) is 8.03. The number of hydrogen-bond acceptors (Lipinski definition) is 4. The molecule has 2 rings (SSSR count). The molecule has 132 valence electrons. The Morgan fingerprint density at radius 3 is 2.38 bits per heavy atom. The largest absolute Gasteiger partial charge is 0.480 e. The number of amides is 1. The molecule has 0 aromatic heterocycles. The molecule has 1 aliphatic rings. The number of carboxylic acids is 1. The van der Waals surface area contributed by atoms with Crippen LogP contribution in [0.1, 0.15) is 26.2 Å². The lowest BCUT2D eigenvalue weighted by molar-refractivity contribution is -0.142. The fourth-order valence-electron chi connectivity index (χ4n) is 2.17. The number of carbonyl (C=O) groups excluding carboxylic acids is 1. The topological polar surface area (TPSA) is 113 Å². The van der Waals surface area contributed by atoms with E-state index >= 15 is 0 Å². The molecule has 0 spiro atoms. The Balaban J connectivity index is 1.99. The third kappa shape index (κ3) is 5.19. The molecule has 0 aliphatic heterocycles. The Morgan fingerprint density at radius 1 is 1.29 bits per heavy atom. The number of hydrogen-bond donors (Lipinski definition) is 3. The first-order valence-corrected chi connectivity index (χ1v) is 9.36. The van der Waals surface area contributed by atoms with E-state index < -0.39 is 34.0 Å². The second-order valence-electron chi connectivity index (χ2n) is 5.88. The van der Waals surface area contributed by atoms with Crippen LogP contribution in [0.4, 0.5) is 0 Å². The van der Waals surface area contributed by atoms with Crippen LogP contribution in [0.15, 0.2) is 29.2 Å². The van der Waals surface area contributed by atoms with E-state index in [1.54, 1.807) is 0 Å². The molecule has 1 saturated carbocycles. The van der Waals surface area contributed by atoms with Gasteiger partial charge < -0.3 is 10.4 Å². The fourth-order valence-corrected chi connectivity index (χ4v) is 3.50. The second kappa shape index (κ2) is 7.50.